The first-order chi connectivity index (χ1) is 23.5. The van der Waals surface area contributed by atoms with Crippen molar-refractivity contribution in [2.24, 2.45) is 44.8 Å². The molecule has 1 aromatic rings. The molecule has 3 heterocycles. The molecule has 11 atom stereocenters. The number of carbonyl (C=O) groups excluding carboxylic acids is 1. The standard InChI is InChI=1S/C41H59N2O7/c1-24-20-26(34(45)37(4,5)47)49-33-32(24)38(6)15-16-41-23-40(41)14-13-29(36(2,3)27(40)11-12-28(41)39(38,7)35(33)46)50-31-22-43(18-19-48-31)30(44)21-25-10-8-9-17-42-25/h8-10,17,24,27,29,31-32,34-35,45-47H,11-16,18-23H2,1-7H3/t24-,27+,29?,31+,32+,34+,35+,38-,39-,40-,41+/m1/s1. The van der Waals surface area contributed by atoms with Gasteiger partial charge in [0.2, 0.25) is 5.91 Å². The van der Waals surface area contributed by atoms with Crippen molar-refractivity contribution in [2.45, 2.75) is 136 Å². The summed E-state index contributed by atoms with van der Waals surface area (Å²) in [5, 5.41) is 34.0. The predicted octanol–water partition coefficient (Wildman–Crippen LogP) is 5.42. The first-order valence-corrected chi connectivity index (χ1v) is 19.3. The van der Waals surface area contributed by atoms with Crippen molar-refractivity contribution in [1.82, 2.24) is 9.88 Å². The van der Waals surface area contributed by atoms with E-state index in [1.165, 1.54) is 6.42 Å². The second-order valence-electron chi connectivity index (χ2n) is 18.8. The molecular formula is C41H59N2O7. The molecule has 0 aromatic carbocycles. The number of amides is 1. The highest BCUT2D eigenvalue weighted by Gasteiger charge is 2.85. The number of aliphatic hydroxyl groups is 3. The maximum absolute atomic E-state index is 13.2. The largest absolute Gasteiger partial charge is 0.389 e. The number of carbonyl (C=O) groups is 1. The first kappa shape index (κ1) is 35.4. The molecule has 275 valence electrons. The summed E-state index contributed by atoms with van der Waals surface area (Å²) in [6.45, 7) is 16.5. The monoisotopic (exact) mass is 691 g/mol. The van der Waals surface area contributed by atoms with Crippen LogP contribution in [-0.2, 0) is 25.4 Å². The van der Waals surface area contributed by atoms with Crippen LogP contribution in [0.1, 0.15) is 106 Å². The van der Waals surface area contributed by atoms with Crippen LogP contribution in [-0.4, -0.2) is 81.0 Å². The summed E-state index contributed by atoms with van der Waals surface area (Å²) in [6, 6.07) is 5.67. The van der Waals surface area contributed by atoms with E-state index in [0.29, 0.717) is 44.2 Å². The second-order valence-corrected chi connectivity index (χ2v) is 18.8. The van der Waals surface area contributed by atoms with Gasteiger partial charge < -0.3 is 34.4 Å². The fourth-order valence-electron chi connectivity index (χ4n) is 13.1. The zero-order chi connectivity index (χ0) is 35.6. The van der Waals surface area contributed by atoms with E-state index in [-0.39, 0.29) is 51.9 Å². The van der Waals surface area contributed by atoms with Gasteiger partial charge in [0.25, 0.3) is 0 Å². The second kappa shape index (κ2) is 11.7. The minimum Gasteiger partial charge on any atom is -0.389 e. The fourth-order valence-corrected chi connectivity index (χ4v) is 13.1. The van der Waals surface area contributed by atoms with Crippen LogP contribution < -0.4 is 0 Å². The summed E-state index contributed by atoms with van der Waals surface area (Å²) >= 11 is 0. The minimum atomic E-state index is -1.32. The number of morpholine rings is 1. The molecule has 2 saturated heterocycles. The Morgan fingerprint density at radius 2 is 1.94 bits per heavy atom. The number of hydrogen-bond acceptors (Lipinski definition) is 8. The molecule has 50 heavy (non-hydrogen) atoms. The van der Waals surface area contributed by atoms with E-state index in [1.54, 1.807) is 26.0 Å². The van der Waals surface area contributed by atoms with Crippen LogP contribution in [0.25, 0.3) is 0 Å². The Morgan fingerprint density at radius 3 is 2.66 bits per heavy atom. The Labute approximate surface area is 298 Å². The van der Waals surface area contributed by atoms with Gasteiger partial charge in [-0.25, -0.2) is 0 Å². The van der Waals surface area contributed by atoms with Crippen LogP contribution in [0.4, 0.5) is 0 Å². The Bertz CT molecular complexity index is 1470. The molecule has 5 aliphatic carbocycles. The van der Waals surface area contributed by atoms with Crippen molar-refractivity contribution >= 4 is 5.91 Å². The summed E-state index contributed by atoms with van der Waals surface area (Å²) in [6.07, 6.45) is 9.07. The Balaban J connectivity index is 0.985. The summed E-state index contributed by atoms with van der Waals surface area (Å²) in [5.41, 5.74) is -0.824. The van der Waals surface area contributed by atoms with Gasteiger partial charge in [0, 0.05) is 29.8 Å². The van der Waals surface area contributed by atoms with Crippen LogP contribution in [0.5, 0.6) is 0 Å². The van der Waals surface area contributed by atoms with Gasteiger partial charge in [-0.3, -0.25) is 9.78 Å². The lowest BCUT2D eigenvalue weighted by Crippen LogP contribution is -2.59. The molecule has 3 radical (unpaired) electrons. The maximum Gasteiger partial charge on any atom is 0.228 e. The predicted molar refractivity (Wildman–Crippen MR) is 186 cm³/mol. The van der Waals surface area contributed by atoms with Gasteiger partial charge in [-0.1, -0.05) is 40.7 Å². The molecule has 2 aliphatic heterocycles. The normalized spacial score (nSPS) is 45.1. The van der Waals surface area contributed by atoms with Gasteiger partial charge in [-0.2, -0.15) is 0 Å². The van der Waals surface area contributed by atoms with Crippen LogP contribution >= 0.6 is 0 Å². The highest BCUT2D eigenvalue weighted by Crippen LogP contribution is 2.90. The summed E-state index contributed by atoms with van der Waals surface area (Å²) in [5.74, 6) is 2.43. The number of nitrogens with zero attached hydrogens (tertiary/aromatic N) is 2. The van der Waals surface area contributed by atoms with E-state index < -0.39 is 29.5 Å². The van der Waals surface area contributed by atoms with Crippen LogP contribution in [0.3, 0.4) is 0 Å². The van der Waals surface area contributed by atoms with E-state index in [4.69, 9.17) is 14.2 Å². The summed E-state index contributed by atoms with van der Waals surface area (Å²) < 4.78 is 19.5. The zero-order valence-corrected chi connectivity index (χ0v) is 31.2. The van der Waals surface area contributed by atoms with E-state index in [0.717, 1.165) is 44.2 Å². The molecule has 3 N–H and O–H groups in total. The van der Waals surface area contributed by atoms with Crippen LogP contribution in [0.15, 0.2) is 24.4 Å². The molecule has 9 heteroatoms. The third-order valence-corrected chi connectivity index (χ3v) is 15.7. The molecule has 7 fully saturated rings. The average Bonchev–Trinajstić information content (AvgIpc) is 3.70. The molecule has 5 saturated carbocycles. The van der Waals surface area contributed by atoms with Crippen molar-refractivity contribution in [1.29, 1.82) is 0 Å². The van der Waals surface area contributed by atoms with Crippen molar-refractivity contribution in [3.8, 4) is 0 Å². The van der Waals surface area contributed by atoms with Crippen molar-refractivity contribution in [3.63, 3.8) is 0 Å². The zero-order valence-electron chi connectivity index (χ0n) is 31.2. The molecular weight excluding hydrogens is 632 g/mol. The molecule has 7 aliphatic rings. The Morgan fingerprint density at radius 1 is 1.16 bits per heavy atom. The van der Waals surface area contributed by atoms with E-state index in [1.807, 2.05) is 23.1 Å². The van der Waals surface area contributed by atoms with Gasteiger partial charge in [0.15, 0.2) is 6.29 Å². The van der Waals surface area contributed by atoms with E-state index in [9.17, 15) is 20.1 Å². The van der Waals surface area contributed by atoms with E-state index >= 15 is 0 Å². The third kappa shape index (κ3) is 4.85. The summed E-state index contributed by atoms with van der Waals surface area (Å²) in [4.78, 5) is 19.4. The highest BCUT2D eigenvalue weighted by atomic mass is 16.7. The number of ether oxygens (including phenoxy) is 3. The highest BCUT2D eigenvalue weighted by molar-refractivity contribution is 5.78. The fraction of sp³-hybridized carbons (Fsp3) is 0.780. The lowest BCUT2D eigenvalue weighted by atomic mass is 9.41. The molecule has 0 bridgehead atoms. The topological polar surface area (TPSA) is 122 Å². The van der Waals surface area contributed by atoms with Gasteiger partial charge in [-0.05, 0) is 117 Å². The summed E-state index contributed by atoms with van der Waals surface area (Å²) in [7, 11) is 0. The Hall–Kier alpha value is -1.62. The van der Waals surface area contributed by atoms with Crippen molar-refractivity contribution < 1.29 is 34.3 Å². The molecule has 8 rings (SSSR count). The molecule has 2 spiro atoms. The molecule has 1 aromatic heterocycles. The van der Waals surface area contributed by atoms with Gasteiger partial charge in [-0.15, -0.1) is 0 Å². The lowest BCUT2D eigenvalue weighted by Gasteiger charge is -2.63. The average molecular weight is 692 g/mol. The van der Waals surface area contributed by atoms with Crippen molar-refractivity contribution in [3.05, 3.63) is 48.2 Å². The SMILES string of the molecule is C[C@@H]1C[C]([C@H](O)C(C)(C)O)O[C]2[C@H]1[C@@]1(C)CC[C@@]34C[C@@]35CCC(O[C@H]3CN(C(=O)Cc6ccccn6)CCO3)C(C)(C)[C@@H]5CC[C]4[C@]1(C)[C@H]2O. The number of pyridine rings is 1. The lowest BCUT2D eigenvalue weighted by molar-refractivity contribution is -0.242. The number of fused-ring (bicyclic) bond motifs is 4. The number of aromatic nitrogens is 1. The number of hydrogen-bond donors (Lipinski definition) is 3. The smallest absolute Gasteiger partial charge is 0.228 e. The minimum absolute atomic E-state index is 0.0403. The Kier molecular flexibility index (Phi) is 8.28. The molecule has 1 amide bonds. The number of aliphatic hydroxyl groups excluding tert-OH is 2. The maximum atomic E-state index is 13.2. The van der Waals surface area contributed by atoms with Crippen molar-refractivity contribution in [2.75, 3.05) is 19.7 Å². The van der Waals surface area contributed by atoms with Crippen LogP contribution in [0, 0.1) is 63.0 Å². The quantitative estimate of drug-likeness (QED) is 0.362. The first-order valence-electron chi connectivity index (χ1n) is 19.3. The van der Waals surface area contributed by atoms with Gasteiger partial charge in [0.05, 0.1) is 37.4 Å². The van der Waals surface area contributed by atoms with Crippen LogP contribution in [0.2, 0.25) is 0 Å². The molecule has 1 unspecified atom stereocenters. The van der Waals surface area contributed by atoms with Gasteiger partial charge >= 0.3 is 0 Å². The third-order valence-electron chi connectivity index (χ3n) is 15.7. The molecule has 9 nitrogen and oxygen atoms in total. The van der Waals surface area contributed by atoms with Gasteiger partial charge in [0.1, 0.15) is 18.3 Å². The number of rotatable bonds is 6. The van der Waals surface area contributed by atoms with E-state index in [2.05, 4.69) is 39.6 Å².